The summed E-state index contributed by atoms with van der Waals surface area (Å²) in [6.07, 6.45) is 0. The van der Waals surface area contributed by atoms with E-state index < -0.39 is 11.7 Å². The van der Waals surface area contributed by atoms with Gasteiger partial charge >= 0.3 is 5.63 Å². The standard InChI is InChI=1S/C23H17ClFNO4S/c1-13-9-22(28)30-18-11-19(17(24)10-16(13)18)29-12-21(27)26-23(20-3-2-8-31-20)14-4-6-15(25)7-5-14/h2-11,23H,12H2,1H3,(H,26,27). The first-order chi connectivity index (χ1) is 14.9. The second-order valence-corrected chi connectivity index (χ2v) is 8.27. The average Bonchev–Trinajstić information content (AvgIpc) is 3.26. The first kappa shape index (κ1) is 21.1. The predicted molar refractivity (Wildman–Crippen MR) is 118 cm³/mol. The quantitative estimate of drug-likeness (QED) is 0.402. The minimum absolute atomic E-state index is 0.229. The lowest BCUT2D eigenvalue weighted by Crippen LogP contribution is -2.33. The highest BCUT2D eigenvalue weighted by Crippen LogP contribution is 2.31. The number of benzene rings is 2. The van der Waals surface area contributed by atoms with Crippen LogP contribution < -0.4 is 15.7 Å². The van der Waals surface area contributed by atoms with E-state index in [9.17, 15) is 14.0 Å². The van der Waals surface area contributed by atoms with Gasteiger partial charge in [-0.2, -0.15) is 0 Å². The summed E-state index contributed by atoms with van der Waals surface area (Å²) >= 11 is 7.77. The number of hydrogen-bond donors (Lipinski definition) is 1. The molecule has 4 aromatic rings. The highest BCUT2D eigenvalue weighted by molar-refractivity contribution is 7.10. The first-order valence-electron chi connectivity index (χ1n) is 9.36. The third-order valence-electron chi connectivity index (χ3n) is 4.70. The van der Waals surface area contributed by atoms with E-state index >= 15 is 0 Å². The van der Waals surface area contributed by atoms with Crippen molar-refractivity contribution in [2.75, 3.05) is 6.61 Å². The molecule has 8 heteroatoms. The third-order valence-corrected chi connectivity index (χ3v) is 5.93. The maximum atomic E-state index is 13.3. The normalized spacial score (nSPS) is 12.0. The maximum absolute atomic E-state index is 13.3. The molecular weight excluding hydrogens is 441 g/mol. The zero-order chi connectivity index (χ0) is 22.0. The van der Waals surface area contributed by atoms with Crippen molar-refractivity contribution in [2.24, 2.45) is 0 Å². The topological polar surface area (TPSA) is 68.5 Å². The molecule has 0 saturated carbocycles. The van der Waals surface area contributed by atoms with Crippen LogP contribution in [0.1, 0.15) is 22.0 Å². The summed E-state index contributed by atoms with van der Waals surface area (Å²) in [7, 11) is 0. The van der Waals surface area contributed by atoms with Crippen molar-refractivity contribution in [3.63, 3.8) is 0 Å². The number of rotatable bonds is 6. The molecule has 0 aliphatic carbocycles. The Bertz CT molecular complexity index is 1290. The molecule has 0 spiro atoms. The Morgan fingerprint density at radius 3 is 2.71 bits per heavy atom. The minimum Gasteiger partial charge on any atom is -0.482 e. The summed E-state index contributed by atoms with van der Waals surface area (Å²) in [6, 6.07) is 13.8. The van der Waals surface area contributed by atoms with Gasteiger partial charge in [-0.25, -0.2) is 9.18 Å². The molecule has 0 radical (unpaired) electrons. The van der Waals surface area contributed by atoms with Crippen molar-refractivity contribution < 1.29 is 18.3 Å². The maximum Gasteiger partial charge on any atom is 0.336 e. The molecular formula is C23H17ClFNO4S. The number of amides is 1. The number of halogens is 2. The summed E-state index contributed by atoms with van der Waals surface area (Å²) < 4.78 is 24.1. The van der Waals surface area contributed by atoms with Gasteiger partial charge in [0.2, 0.25) is 0 Å². The molecule has 158 valence electrons. The van der Waals surface area contributed by atoms with Crippen molar-refractivity contribution in [1.82, 2.24) is 5.32 Å². The minimum atomic E-state index is -0.478. The molecule has 0 aliphatic heterocycles. The Balaban J connectivity index is 1.52. The van der Waals surface area contributed by atoms with Crippen LogP contribution >= 0.6 is 22.9 Å². The van der Waals surface area contributed by atoms with Crippen LogP contribution in [0.3, 0.4) is 0 Å². The van der Waals surface area contributed by atoms with E-state index in [2.05, 4.69) is 5.32 Å². The highest BCUT2D eigenvalue weighted by atomic mass is 35.5. The van der Waals surface area contributed by atoms with Gasteiger partial charge in [0.25, 0.3) is 5.91 Å². The lowest BCUT2D eigenvalue weighted by atomic mass is 10.1. The molecule has 2 aromatic heterocycles. The fourth-order valence-corrected chi connectivity index (χ4v) is 4.23. The van der Waals surface area contributed by atoms with Crippen LogP contribution in [0.4, 0.5) is 4.39 Å². The average molecular weight is 458 g/mol. The van der Waals surface area contributed by atoms with E-state index in [1.807, 2.05) is 17.5 Å². The number of nitrogens with one attached hydrogen (secondary N) is 1. The van der Waals surface area contributed by atoms with E-state index in [-0.39, 0.29) is 24.1 Å². The van der Waals surface area contributed by atoms with Gasteiger partial charge in [0, 0.05) is 22.4 Å². The number of carbonyl (C=O) groups is 1. The Morgan fingerprint density at radius 2 is 2.00 bits per heavy atom. The van der Waals surface area contributed by atoms with E-state index in [4.69, 9.17) is 20.8 Å². The van der Waals surface area contributed by atoms with Crippen LogP contribution in [-0.4, -0.2) is 12.5 Å². The monoisotopic (exact) mass is 457 g/mol. The Morgan fingerprint density at radius 1 is 1.23 bits per heavy atom. The second kappa shape index (κ2) is 8.91. The van der Waals surface area contributed by atoms with Gasteiger partial charge in [0.15, 0.2) is 6.61 Å². The third kappa shape index (κ3) is 4.78. The zero-order valence-electron chi connectivity index (χ0n) is 16.4. The van der Waals surface area contributed by atoms with E-state index in [1.165, 1.54) is 35.6 Å². The Labute approximate surface area is 186 Å². The first-order valence-corrected chi connectivity index (χ1v) is 10.6. The molecule has 1 amide bonds. The number of carbonyl (C=O) groups excluding carboxylic acids is 1. The molecule has 0 fully saturated rings. The second-order valence-electron chi connectivity index (χ2n) is 6.88. The van der Waals surface area contributed by atoms with Crippen LogP contribution in [0.2, 0.25) is 5.02 Å². The lowest BCUT2D eigenvalue weighted by Gasteiger charge is -2.18. The molecule has 1 N–H and O–H groups in total. The number of hydrogen-bond acceptors (Lipinski definition) is 5. The van der Waals surface area contributed by atoms with Crippen LogP contribution in [0.5, 0.6) is 5.75 Å². The summed E-state index contributed by atoms with van der Waals surface area (Å²) in [6.45, 7) is 1.48. The van der Waals surface area contributed by atoms with Gasteiger partial charge in [0.1, 0.15) is 17.1 Å². The van der Waals surface area contributed by atoms with Gasteiger partial charge < -0.3 is 14.5 Å². The molecule has 31 heavy (non-hydrogen) atoms. The molecule has 5 nitrogen and oxygen atoms in total. The van der Waals surface area contributed by atoms with Crippen LogP contribution in [0.15, 0.2) is 69.2 Å². The van der Waals surface area contributed by atoms with Crippen molar-refractivity contribution >= 4 is 39.8 Å². The smallest absolute Gasteiger partial charge is 0.336 e. The number of aryl methyl sites for hydroxylation is 1. The fraction of sp³-hybridized carbons (Fsp3) is 0.130. The summed E-state index contributed by atoms with van der Waals surface area (Å²) in [4.78, 5) is 25.2. The molecule has 1 unspecified atom stereocenters. The van der Waals surface area contributed by atoms with E-state index in [0.717, 1.165) is 16.0 Å². The molecule has 0 bridgehead atoms. The van der Waals surface area contributed by atoms with Crippen LogP contribution in [0, 0.1) is 12.7 Å². The fourth-order valence-electron chi connectivity index (χ4n) is 3.21. The van der Waals surface area contributed by atoms with Gasteiger partial charge in [-0.3, -0.25) is 4.79 Å². The van der Waals surface area contributed by atoms with Crippen LogP contribution in [0.25, 0.3) is 11.0 Å². The number of thiophene rings is 1. The van der Waals surface area contributed by atoms with Crippen molar-refractivity contribution in [3.05, 3.63) is 97.2 Å². The van der Waals surface area contributed by atoms with Gasteiger partial charge in [-0.15, -0.1) is 11.3 Å². The zero-order valence-corrected chi connectivity index (χ0v) is 17.9. The largest absolute Gasteiger partial charge is 0.482 e. The molecule has 4 rings (SSSR count). The molecule has 0 aliphatic rings. The van der Waals surface area contributed by atoms with Crippen LogP contribution in [-0.2, 0) is 4.79 Å². The summed E-state index contributed by atoms with van der Waals surface area (Å²) in [5, 5.41) is 5.80. The Kier molecular flexibility index (Phi) is 6.06. The molecule has 2 heterocycles. The molecule has 0 saturated heterocycles. The molecule has 1 atom stereocenters. The van der Waals surface area contributed by atoms with Gasteiger partial charge in [0.05, 0.1) is 11.1 Å². The lowest BCUT2D eigenvalue weighted by molar-refractivity contribution is -0.123. The van der Waals surface area contributed by atoms with Crippen molar-refractivity contribution in [1.29, 1.82) is 0 Å². The number of fused-ring (bicyclic) bond motifs is 1. The highest BCUT2D eigenvalue weighted by Gasteiger charge is 2.19. The van der Waals surface area contributed by atoms with E-state index in [0.29, 0.717) is 16.0 Å². The molecule has 2 aromatic carbocycles. The van der Waals surface area contributed by atoms with Crippen molar-refractivity contribution in [2.45, 2.75) is 13.0 Å². The SMILES string of the molecule is Cc1cc(=O)oc2cc(OCC(=O)NC(c3ccc(F)cc3)c3cccs3)c(Cl)cc12. The van der Waals surface area contributed by atoms with Gasteiger partial charge in [-0.05, 0) is 47.7 Å². The number of ether oxygens (including phenoxy) is 1. The van der Waals surface area contributed by atoms with Crippen molar-refractivity contribution in [3.8, 4) is 5.75 Å². The van der Waals surface area contributed by atoms with Gasteiger partial charge in [-0.1, -0.05) is 29.8 Å². The summed E-state index contributed by atoms with van der Waals surface area (Å²) in [5.74, 6) is -0.506. The van der Waals surface area contributed by atoms with E-state index in [1.54, 1.807) is 25.1 Å². The Hall–Kier alpha value is -3.16. The summed E-state index contributed by atoms with van der Waals surface area (Å²) in [5.41, 5.74) is 1.33. The predicted octanol–water partition coefficient (Wildman–Crippen LogP) is 5.24.